The van der Waals surface area contributed by atoms with Gasteiger partial charge in [0.25, 0.3) is 0 Å². The zero-order valence-electron chi connectivity index (χ0n) is 12.7. The Bertz CT molecular complexity index is 442. The molecule has 1 aliphatic heterocycles. The van der Waals surface area contributed by atoms with Crippen LogP contribution >= 0.6 is 0 Å². The van der Waals surface area contributed by atoms with Crippen LogP contribution in [-0.2, 0) is 19.6 Å². The Morgan fingerprint density at radius 2 is 2.10 bits per heavy atom. The molecule has 122 valence electrons. The van der Waals surface area contributed by atoms with Gasteiger partial charge in [-0.25, -0.2) is 8.42 Å². The fourth-order valence-corrected chi connectivity index (χ4v) is 4.65. The lowest BCUT2D eigenvalue weighted by molar-refractivity contribution is -0.140. The van der Waals surface area contributed by atoms with Crippen LogP contribution in [0, 0.1) is 5.92 Å². The van der Waals surface area contributed by atoms with Crippen molar-refractivity contribution in [2.75, 3.05) is 32.5 Å². The first-order valence-corrected chi connectivity index (χ1v) is 9.41. The Morgan fingerprint density at radius 3 is 2.67 bits per heavy atom. The Morgan fingerprint density at radius 1 is 1.33 bits per heavy atom. The second-order valence-corrected chi connectivity index (χ2v) is 8.05. The Balaban J connectivity index is 1.88. The molecule has 1 saturated heterocycles. The van der Waals surface area contributed by atoms with Gasteiger partial charge in [-0.3, -0.25) is 4.79 Å². The van der Waals surface area contributed by atoms with E-state index in [9.17, 15) is 13.2 Å². The van der Waals surface area contributed by atoms with Crippen LogP contribution < -0.4 is 5.32 Å². The summed E-state index contributed by atoms with van der Waals surface area (Å²) in [4.78, 5) is 11.1. The normalized spacial score (nSPS) is 23.2. The highest BCUT2D eigenvalue weighted by Crippen LogP contribution is 2.31. The van der Waals surface area contributed by atoms with Gasteiger partial charge in [0.1, 0.15) is 0 Å². The number of methoxy groups -OCH3 is 1. The molecule has 0 aromatic carbocycles. The number of esters is 1. The molecule has 1 saturated carbocycles. The number of ether oxygens (including phenoxy) is 1. The number of sulfonamides is 1. The van der Waals surface area contributed by atoms with Crippen LogP contribution in [0.2, 0.25) is 0 Å². The fraction of sp³-hybridized carbons (Fsp3) is 0.929. The monoisotopic (exact) mass is 318 g/mol. The lowest BCUT2D eigenvalue weighted by Gasteiger charge is -2.29. The number of hydrogen-bond donors (Lipinski definition) is 1. The largest absolute Gasteiger partial charge is 0.469 e. The van der Waals surface area contributed by atoms with E-state index in [-0.39, 0.29) is 24.2 Å². The number of hydrogen-bond acceptors (Lipinski definition) is 5. The number of nitrogens with zero attached hydrogens (tertiary/aromatic N) is 1. The van der Waals surface area contributed by atoms with E-state index in [1.165, 1.54) is 7.11 Å². The highest BCUT2D eigenvalue weighted by molar-refractivity contribution is 7.89. The molecule has 7 heteroatoms. The van der Waals surface area contributed by atoms with Crippen molar-refractivity contribution >= 4 is 16.0 Å². The second kappa shape index (κ2) is 7.56. The van der Waals surface area contributed by atoms with Crippen LogP contribution in [0.1, 0.15) is 38.5 Å². The minimum absolute atomic E-state index is 0.0404. The topological polar surface area (TPSA) is 75.7 Å². The van der Waals surface area contributed by atoms with Gasteiger partial charge in [-0.05, 0) is 51.1 Å². The molecule has 1 N–H and O–H groups in total. The van der Waals surface area contributed by atoms with Gasteiger partial charge in [-0.2, -0.15) is 4.31 Å². The molecule has 0 aromatic heterocycles. The maximum Gasteiger partial charge on any atom is 0.305 e. The molecule has 0 aromatic rings. The van der Waals surface area contributed by atoms with Crippen LogP contribution in [0.3, 0.4) is 0 Å². The average molecular weight is 318 g/mol. The van der Waals surface area contributed by atoms with Gasteiger partial charge >= 0.3 is 5.97 Å². The molecule has 0 bridgehead atoms. The SMILES string of the molecule is COC(=O)CCCS(=O)(=O)N(CC1CCCNC1)C1CC1. The van der Waals surface area contributed by atoms with Crippen molar-refractivity contribution in [3.05, 3.63) is 0 Å². The van der Waals surface area contributed by atoms with Gasteiger partial charge < -0.3 is 10.1 Å². The lowest BCUT2D eigenvalue weighted by Crippen LogP contribution is -2.43. The molecule has 2 aliphatic rings. The molecule has 1 unspecified atom stereocenters. The third-order valence-corrected chi connectivity index (χ3v) is 6.13. The molecular weight excluding hydrogens is 292 g/mol. The first kappa shape index (κ1) is 16.7. The molecule has 0 spiro atoms. The van der Waals surface area contributed by atoms with Crippen molar-refractivity contribution in [2.45, 2.75) is 44.6 Å². The Hall–Kier alpha value is -0.660. The average Bonchev–Trinajstić information content (AvgIpc) is 3.29. The summed E-state index contributed by atoms with van der Waals surface area (Å²) in [5, 5.41) is 3.33. The summed E-state index contributed by atoms with van der Waals surface area (Å²) in [5.41, 5.74) is 0. The number of nitrogens with one attached hydrogen (secondary N) is 1. The predicted molar refractivity (Wildman–Crippen MR) is 80.4 cm³/mol. The van der Waals surface area contributed by atoms with Crippen LogP contribution in [0.25, 0.3) is 0 Å². The molecular formula is C14H26N2O4S. The summed E-state index contributed by atoms with van der Waals surface area (Å²) in [7, 11) is -1.94. The first-order valence-electron chi connectivity index (χ1n) is 7.80. The molecule has 1 heterocycles. The molecule has 0 amide bonds. The third-order valence-electron chi connectivity index (χ3n) is 4.16. The van der Waals surface area contributed by atoms with E-state index in [1.54, 1.807) is 4.31 Å². The highest BCUT2D eigenvalue weighted by Gasteiger charge is 2.38. The van der Waals surface area contributed by atoms with Crippen LogP contribution in [-0.4, -0.2) is 57.2 Å². The van der Waals surface area contributed by atoms with Crippen molar-refractivity contribution in [1.82, 2.24) is 9.62 Å². The third kappa shape index (κ3) is 5.23. The standard InChI is InChI=1S/C14H26N2O4S/c1-20-14(17)5-3-9-21(18,19)16(13-6-7-13)11-12-4-2-8-15-10-12/h12-13,15H,2-11H2,1H3. The summed E-state index contributed by atoms with van der Waals surface area (Å²) in [6.45, 7) is 2.56. The Kier molecular flexibility index (Phi) is 6.01. The van der Waals surface area contributed by atoms with Gasteiger partial charge in [0.15, 0.2) is 0 Å². The van der Waals surface area contributed by atoms with E-state index in [0.29, 0.717) is 18.9 Å². The highest BCUT2D eigenvalue weighted by atomic mass is 32.2. The summed E-state index contributed by atoms with van der Waals surface area (Å²) < 4.78 is 31.3. The maximum atomic E-state index is 12.5. The first-order chi connectivity index (χ1) is 10.0. The summed E-state index contributed by atoms with van der Waals surface area (Å²) in [6, 6.07) is 0.190. The summed E-state index contributed by atoms with van der Waals surface area (Å²) in [5.74, 6) is 0.105. The number of carbonyl (C=O) groups excluding carboxylic acids is 1. The van der Waals surface area contributed by atoms with E-state index in [0.717, 1.165) is 38.8 Å². The van der Waals surface area contributed by atoms with Crippen molar-refractivity contribution in [3.8, 4) is 0 Å². The molecule has 21 heavy (non-hydrogen) atoms. The summed E-state index contributed by atoms with van der Waals surface area (Å²) >= 11 is 0. The summed E-state index contributed by atoms with van der Waals surface area (Å²) in [6.07, 6.45) is 4.65. The van der Waals surface area contributed by atoms with E-state index in [4.69, 9.17) is 0 Å². The van der Waals surface area contributed by atoms with E-state index in [1.807, 2.05) is 0 Å². The zero-order chi connectivity index (χ0) is 15.3. The van der Waals surface area contributed by atoms with E-state index >= 15 is 0 Å². The van der Waals surface area contributed by atoms with E-state index < -0.39 is 10.0 Å². The van der Waals surface area contributed by atoms with Crippen LogP contribution in [0.15, 0.2) is 0 Å². The molecule has 6 nitrogen and oxygen atoms in total. The quantitative estimate of drug-likeness (QED) is 0.668. The second-order valence-electron chi connectivity index (χ2n) is 6.01. The number of rotatable bonds is 8. The smallest absolute Gasteiger partial charge is 0.305 e. The maximum absolute atomic E-state index is 12.5. The molecule has 2 rings (SSSR count). The van der Waals surface area contributed by atoms with Crippen LogP contribution in [0.4, 0.5) is 0 Å². The van der Waals surface area contributed by atoms with Crippen molar-refractivity contribution in [2.24, 2.45) is 5.92 Å². The van der Waals surface area contributed by atoms with E-state index in [2.05, 4.69) is 10.1 Å². The van der Waals surface area contributed by atoms with Crippen molar-refractivity contribution in [3.63, 3.8) is 0 Å². The minimum Gasteiger partial charge on any atom is -0.469 e. The van der Waals surface area contributed by atoms with Crippen molar-refractivity contribution in [1.29, 1.82) is 0 Å². The molecule has 1 atom stereocenters. The van der Waals surface area contributed by atoms with Gasteiger partial charge in [0.05, 0.1) is 12.9 Å². The van der Waals surface area contributed by atoms with Gasteiger partial charge in [0, 0.05) is 19.0 Å². The number of piperidine rings is 1. The molecule has 0 radical (unpaired) electrons. The molecule has 2 fully saturated rings. The zero-order valence-corrected chi connectivity index (χ0v) is 13.5. The lowest BCUT2D eigenvalue weighted by atomic mass is 10.00. The van der Waals surface area contributed by atoms with Gasteiger partial charge in [0.2, 0.25) is 10.0 Å². The minimum atomic E-state index is -3.26. The van der Waals surface area contributed by atoms with Crippen molar-refractivity contribution < 1.29 is 17.9 Å². The van der Waals surface area contributed by atoms with Gasteiger partial charge in [-0.15, -0.1) is 0 Å². The Labute approximate surface area is 127 Å². The predicted octanol–water partition coefficient (Wildman–Crippen LogP) is 0.733. The number of carbonyl (C=O) groups is 1. The fourth-order valence-electron chi connectivity index (χ4n) is 2.80. The van der Waals surface area contributed by atoms with Gasteiger partial charge in [-0.1, -0.05) is 0 Å². The van der Waals surface area contributed by atoms with Crippen LogP contribution in [0.5, 0.6) is 0 Å². The molecule has 1 aliphatic carbocycles.